The summed E-state index contributed by atoms with van der Waals surface area (Å²) in [6.07, 6.45) is 1.71. The molecule has 0 bridgehead atoms. The predicted octanol–water partition coefficient (Wildman–Crippen LogP) is 1.82. The number of anilines is 2. The fourth-order valence-electron chi connectivity index (χ4n) is 1.01. The summed E-state index contributed by atoms with van der Waals surface area (Å²) in [5, 5.41) is 0. The summed E-state index contributed by atoms with van der Waals surface area (Å²) in [4.78, 5) is 6.38. The summed E-state index contributed by atoms with van der Waals surface area (Å²) in [6, 6.07) is 2.46. The van der Waals surface area contributed by atoms with Crippen LogP contribution < -0.4 is 10.6 Å². The molecule has 72 valence electrons. The molecule has 0 amide bonds. The van der Waals surface area contributed by atoms with Crippen molar-refractivity contribution in [2.24, 2.45) is 0 Å². The second-order valence-corrected chi connectivity index (χ2v) is 3.60. The molecule has 3 heteroatoms. The van der Waals surface area contributed by atoms with E-state index in [1.807, 2.05) is 20.0 Å². The normalized spacial score (nSPS) is 10.5. The minimum Gasteiger partial charge on any atom is -0.397 e. The quantitative estimate of drug-likeness (QED) is 0.753. The van der Waals surface area contributed by atoms with Crippen LogP contribution in [-0.4, -0.2) is 18.1 Å². The molecule has 1 aromatic heterocycles. The van der Waals surface area contributed by atoms with E-state index in [0.717, 1.165) is 17.1 Å². The number of aryl methyl sites for hydroxylation is 1. The van der Waals surface area contributed by atoms with E-state index in [2.05, 4.69) is 23.7 Å². The van der Waals surface area contributed by atoms with Gasteiger partial charge in [0.1, 0.15) is 5.82 Å². The number of aromatic nitrogens is 1. The monoisotopic (exact) mass is 179 g/mol. The van der Waals surface area contributed by atoms with E-state index >= 15 is 0 Å². The highest BCUT2D eigenvalue weighted by Crippen LogP contribution is 2.17. The first-order valence-corrected chi connectivity index (χ1v) is 4.47. The second kappa shape index (κ2) is 3.64. The maximum atomic E-state index is 5.68. The molecule has 0 unspecified atom stereocenters. The van der Waals surface area contributed by atoms with Crippen molar-refractivity contribution in [3.8, 4) is 0 Å². The van der Waals surface area contributed by atoms with Crippen LogP contribution in [-0.2, 0) is 0 Å². The standard InChI is InChI=1S/C10H17N3/c1-7(2)13(4)10-5-8(3)9(11)6-12-10/h5-7H,11H2,1-4H3. The van der Waals surface area contributed by atoms with E-state index in [1.165, 1.54) is 0 Å². The molecule has 0 spiro atoms. The van der Waals surface area contributed by atoms with Gasteiger partial charge in [-0.1, -0.05) is 0 Å². The number of rotatable bonds is 2. The van der Waals surface area contributed by atoms with Gasteiger partial charge in [0.15, 0.2) is 0 Å². The van der Waals surface area contributed by atoms with E-state index in [1.54, 1.807) is 6.20 Å². The van der Waals surface area contributed by atoms with Gasteiger partial charge in [-0.2, -0.15) is 0 Å². The van der Waals surface area contributed by atoms with Crippen LogP contribution in [0.3, 0.4) is 0 Å². The molecule has 0 aliphatic carbocycles. The number of nitrogen functional groups attached to an aromatic ring is 1. The molecule has 0 fully saturated rings. The van der Waals surface area contributed by atoms with Gasteiger partial charge >= 0.3 is 0 Å². The number of hydrogen-bond acceptors (Lipinski definition) is 3. The Morgan fingerprint density at radius 1 is 1.46 bits per heavy atom. The van der Waals surface area contributed by atoms with E-state index in [4.69, 9.17) is 5.73 Å². The Balaban J connectivity index is 2.97. The van der Waals surface area contributed by atoms with Crippen LogP contribution in [0.1, 0.15) is 19.4 Å². The van der Waals surface area contributed by atoms with Crippen LogP contribution in [0.15, 0.2) is 12.3 Å². The lowest BCUT2D eigenvalue weighted by Crippen LogP contribution is -2.26. The topological polar surface area (TPSA) is 42.2 Å². The van der Waals surface area contributed by atoms with Gasteiger partial charge in [-0.25, -0.2) is 4.98 Å². The van der Waals surface area contributed by atoms with E-state index in [-0.39, 0.29) is 0 Å². The molecular formula is C10H17N3. The molecule has 0 aromatic carbocycles. The molecule has 3 nitrogen and oxygen atoms in total. The molecule has 2 N–H and O–H groups in total. The van der Waals surface area contributed by atoms with Gasteiger partial charge in [0, 0.05) is 13.1 Å². The third-order valence-electron chi connectivity index (χ3n) is 2.27. The Labute approximate surface area is 79.6 Å². The maximum Gasteiger partial charge on any atom is 0.128 e. The largest absolute Gasteiger partial charge is 0.397 e. The highest BCUT2D eigenvalue weighted by Gasteiger charge is 2.06. The van der Waals surface area contributed by atoms with Crippen molar-refractivity contribution in [2.75, 3.05) is 17.7 Å². The van der Waals surface area contributed by atoms with Crippen molar-refractivity contribution in [1.82, 2.24) is 4.98 Å². The van der Waals surface area contributed by atoms with Crippen molar-refractivity contribution in [3.05, 3.63) is 17.8 Å². The molecular weight excluding hydrogens is 162 g/mol. The highest BCUT2D eigenvalue weighted by molar-refractivity contribution is 5.52. The van der Waals surface area contributed by atoms with Crippen LogP contribution >= 0.6 is 0 Å². The zero-order valence-electron chi connectivity index (χ0n) is 8.70. The summed E-state index contributed by atoms with van der Waals surface area (Å²) in [7, 11) is 2.03. The number of hydrogen-bond donors (Lipinski definition) is 1. The average molecular weight is 179 g/mol. The summed E-state index contributed by atoms with van der Waals surface area (Å²) >= 11 is 0. The van der Waals surface area contributed by atoms with Crippen molar-refractivity contribution in [3.63, 3.8) is 0 Å². The summed E-state index contributed by atoms with van der Waals surface area (Å²) in [5.74, 6) is 0.974. The van der Waals surface area contributed by atoms with E-state index < -0.39 is 0 Å². The zero-order valence-corrected chi connectivity index (χ0v) is 8.70. The van der Waals surface area contributed by atoms with Crippen molar-refractivity contribution < 1.29 is 0 Å². The number of pyridine rings is 1. The predicted molar refractivity (Wildman–Crippen MR) is 56.9 cm³/mol. The SMILES string of the molecule is Cc1cc(N(C)C(C)C)ncc1N. The molecule has 13 heavy (non-hydrogen) atoms. The minimum absolute atomic E-state index is 0.454. The summed E-state index contributed by atoms with van der Waals surface area (Å²) < 4.78 is 0. The first kappa shape index (κ1) is 9.84. The van der Waals surface area contributed by atoms with Gasteiger partial charge in [-0.05, 0) is 32.4 Å². The Morgan fingerprint density at radius 2 is 2.08 bits per heavy atom. The molecule has 1 aromatic rings. The Bertz CT molecular complexity index is 294. The van der Waals surface area contributed by atoms with Gasteiger partial charge in [-0.15, -0.1) is 0 Å². The molecule has 1 rings (SSSR count). The average Bonchev–Trinajstić information content (AvgIpc) is 2.08. The third-order valence-corrected chi connectivity index (χ3v) is 2.27. The lowest BCUT2D eigenvalue weighted by Gasteiger charge is -2.22. The van der Waals surface area contributed by atoms with Crippen molar-refractivity contribution in [1.29, 1.82) is 0 Å². The van der Waals surface area contributed by atoms with Crippen LogP contribution in [0.5, 0.6) is 0 Å². The highest BCUT2D eigenvalue weighted by atomic mass is 15.2. The van der Waals surface area contributed by atoms with Crippen LogP contribution in [0.2, 0.25) is 0 Å². The van der Waals surface area contributed by atoms with E-state index in [0.29, 0.717) is 6.04 Å². The van der Waals surface area contributed by atoms with Gasteiger partial charge in [0.25, 0.3) is 0 Å². The molecule has 0 atom stereocenters. The molecule has 1 heterocycles. The second-order valence-electron chi connectivity index (χ2n) is 3.60. The number of nitrogens with zero attached hydrogens (tertiary/aromatic N) is 2. The molecule has 0 saturated carbocycles. The van der Waals surface area contributed by atoms with Crippen LogP contribution in [0.4, 0.5) is 11.5 Å². The lowest BCUT2D eigenvalue weighted by atomic mass is 10.2. The van der Waals surface area contributed by atoms with Crippen molar-refractivity contribution in [2.45, 2.75) is 26.8 Å². The molecule has 0 radical (unpaired) electrons. The molecule has 0 saturated heterocycles. The first-order valence-electron chi connectivity index (χ1n) is 4.47. The molecule has 0 aliphatic heterocycles. The van der Waals surface area contributed by atoms with Gasteiger partial charge in [0.2, 0.25) is 0 Å². The first-order chi connectivity index (χ1) is 6.02. The fourth-order valence-corrected chi connectivity index (χ4v) is 1.01. The summed E-state index contributed by atoms with van der Waals surface area (Å²) in [6.45, 7) is 6.26. The van der Waals surface area contributed by atoms with Crippen molar-refractivity contribution >= 4 is 11.5 Å². The molecule has 0 aliphatic rings. The Hall–Kier alpha value is -1.25. The minimum atomic E-state index is 0.454. The third kappa shape index (κ3) is 2.11. The Morgan fingerprint density at radius 3 is 2.54 bits per heavy atom. The summed E-state index contributed by atoms with van der Waals surface area (Å²) in [5.41, 5.74) is 7.52. The lowest BCUT2D eigenvalue weighted by molar-refractivity contribution is 0.743. The number of nitrogens with two attached hydrogens (primary N) is 1. The van der Waals surface area contributed by atoms with Gasteiger partial charge in [0.05, 0.1) is 11.9 Å². The van der Waals surface area contributed by atoms with Crippen LogP contribution in [0, 0.1) is 6.92 Å². The zero-order chi connectivity index (χ0) is 10.0. The Kier molecular flexibility index (Phi) is 2.76. The van der Waals surface area contributed by atoms with E-state index in [9.17, 15) is 0 Å². The van der Waals surface area contributed by atoms with Gasteiger partial charge < -0.3 is 10.6 Å². The smallest absolute Gasteiger partial charge is 0.128 e. The maximum absolute atomic E-state index is 5.68. The van der Waals surface area contributed by atoms with Crippen LogP contribution in [0.25, 0.3) is 0 Å². The fraction of sp³-hybridized carbons (Fsp3) is 0.500. The van der Waals surface area contributed by atoms with Gasteiger partial charge in [-0.3, -0.25) is 0 Å².